The van der Waals surface area contributed by atoms with E-state index in [-0.39, 0.29) is 49.7 Å². The average Bonchev–Trinajstić information content (AvgIpc) is 3.27. The van der Waals surface area contributed by atoms with Crippen LogP contribution in [0.25, 0.3) is 0 Å². The van der Waals surface area contributed by atoms with E-state index in [4.69, 9.17) is 67.5 Å². The smallest absolute Gasteiger partial charge is 0.312 e. The fourth-order valence-electron chi connectivity index (χ4n) is 4.17. The summed E-state index contributed by atoms with van der Waals surface area (Å²) in [5.74, 6) is 0.133. The van der Waals surface area contributed by atoms with Crippen LogP contribution in [-0.2, 0) is 13.2 Å². The zero-order valence-corrected chi connectivity index (χ0v) is 26.5. The number of nitro groups is 1. The van der Waals surface area contributed by atoms with Crippen LogP contribution in [0.3, 0.4) is 0 Å². The normalized spacial score (nSPS) is 11.2. The Bertz CT molecular complexity index is 1730. The van der Waals surface area contributed by atoms with E-state index in [1.165, 1.54) is 18.0 Å². The van der Waals surface area contributed by atoms with E-state index >= 15 is 0 Å². The summed E-state index contributed by atoms with van der Waals surface area (Å²) in [7, 11) is 1.51. The number of hydrogen-bond acceptors (Lipinski definition) is 7. The van der Waals surface area contributed by atoms with Crippen LogP contribution in [0.2, 0.25) is 25.1 Å². The Morgan fingerprint density at radius 3 is 2.35 bits per heavy atom. The summed E-state index contributed by atoms with van der Waals surface area (Å²) in [6.07, 6.45) is 1.45. The number of aryl methyl sites for hydroxylation is 1. The summed E-state index contributed by atoms with van der Waals surface area (Å²) >= 11 is 30.8. The van der Waals surface area contributed by atoms with Crippen molar-refractivity contribution in [2.45, 2.75) is 27.0 Å². The van der Waals surface area contributed by atoms with Gasteiger partial charge in [-0.1, -0.05) is 70.1 Å². The number of carbonyl (C=O) groups excluding carboxylic acids is 1. The van der Waals surface area contributed by atoms with Crippen LogP contribution < -0.4 is 14.9 Å². The molecule has 1 heterocycles. The SMILES string of the molecule is COc1ccc(/C=N\NC(=O)c2cccc(Cn3nc(C)c([N+](=O)[O-])c3C)c2)cc1COc1c(Cl)c(Cl)c(Cl)c(Cl)c1Cl. The Hall–Kier alpha value is -3.54. The third kappa shape index (κ3) is 7.17. The summed E-state index contributed by atoms with van der Waals surface area (Å²) < 4.78 is 12.8. The summed E-state index contributed by atoms with van der Waals surface area (Å²) in [6, 6.07) is 12.0. The first kappa shape index (κ1) is 32.4. The molecule has 224 valence electrons. The molecule has 1 aromatic heterocycles. The lowest BCUT2D eigenvalue weighted by molar-refractivity contribution is -0.386. The van der Waals surface area contributed by atoms with E-state index in [2.05, 4.69) is 15.6 Å². The second kappa shape index (κ2) is 13.8. The Morgan fingerprint density at radius 1 is 1.05 bits per heavy atom. The summed E-state index contributed by atoms with van der Waals surface area (Å²) in [5, 5.41) is 19.7. The molecule has 4 aromatic rings. The molecule has 0 aliphatic heterocycles. The third-order valence-electron chi connectivity index (χ3n) is 6.27. The van der Waals surface area contributed by atoms with E-state index < -0.39 is 10.8 Å². The molecule has 0 unspecified atom stereocenters. The van der Waals surface area contributed by atoms with Crippen molar-refractivity contribution in [3.63, 3.8) is 0 Å². The number of aromatic nitrogens is 2. The van der Waals surface area contributed by atoms with Gasteiger partial charge >= 0.3 is 5.69 Å². The Balaban J connectivity index is 1.45. The molecular weight excluding hydrogens is 664 g/mol. The maximum Gasteiger partial charge on any atom is 0.312 e. The number of nitrogens with zero attached hydrogens (tertiary/aromatic N) is 4. The highest BCUT2D eigenvalue weighted by molar-refractivity contribution is 6.55. The number of ether oxygens (including phenoxy) is 2. The number of methoxy groups -OCH3 is 1. The van der Waals surface area contributed by atoms with Gasteiger partial charge in [0.15, 0.2) is 5.75 Å². The van der Waals surface area contributed by atoms with Crippen molar-refractivity contribution in [3.05, 3.63) is 111 Å². The van der Waals surface area contributed by atoms with Gasteiger partial charge < -0.3 is 9.47 Å². The molecule has 10 nitrogen and oxygen atoms in total. The molecular formula is C28H22Cl5N5O5. The van der Waals surface area contributed by atoms with Crippen molar-refractivity contribution in [2.75, 3.05) is 7.11 Å². The lowest BCUT2D eigenvalue weighted by atomic mass is 10.1. The van der Waals surface area contributed by atoms with Gasteiger partial charge in [-0.05, 0) is 55.3 Å². The van der Waals surface area contributed by atoms with Crippen LogP contribution in [-0.4, -0.2) is 33.9 Å². The van der Waals surface area contributed by atoms with Gasteiger partial charge in [-0.25, -0.2) is 5.43 Å². The quantitative estimate of drug-likeness (QED) is 0.0593. The van der Waals surface area contributed by atoms with Gasteiger partial charge in [-0.15, -0.1) is 0 Å². The summed E-state index contributed by atoms with van der Waals surface area (Å²) in [5.41, 5.74) is 5.55. The fourth-order valence-corrected chi connectivity index (χ4v) is 5.40. The van der Waals surface area contributed by atoms with E-state index in [1.807, 2.05) is 0 Å². The van der Waals surface area contributed by atoms with Crippen molar-refractivity contribution >= 4 is 75.8 Å². The standard InChI is InChI=1S/C28H22Cl5N5O5/c1-14-26(38(40)41)15(2)37(36-14)12-17-5-4-6-18(10-17)28(39)35-34-11-16-7-8-20(42-3)19(9-16)13-43-27-24(32)22(30)21(29)23(31)25(27)33/h4-11H,12-13H2,1-3H3,(H,35,39)/b34-11-. The lowest BCUT2D eigenvalue weighted by Crippen LogP contribution is -2.18. The zero-order valence-electron chi connectivity index (χ0n) is 22.8. The van der Waals surface area contributed by atoms with Crippen LogP contribution in [0.1, 0.15) is 38.4 Å². The summed E-state index contributed by atoms with van der Waals surface area (Å²) in [6.45, 7) is 3.45. The van der Waals surface area contributed by atoms with Crippen LogP contribution in [0.15, 0.2) is 47.6 Å². The minimum absolute atomic E-state index is 0.0115. The summed E-state index contributed by atoms with van der Waals surface area (Å²) in [4.78, 5) is 23.6. The molecule has 0 spiro atoms. The molecule has 0 saturated carbocycles. The van der Waals surface area contributed by atoms with Crippen LogP contribution in [0, 0.1) is 24.0 Å². The van der Waals surface area contributed by atoms with Gasteiger partial charge in [-0.3, -0.25) is 19.6 Å². The number of benzene rings is 3. The maximum absolute atomic E-state index is 12.8. The Kier molecular flexibility index (Phi) is 10.4. The number of amides is 1. The molecule has 0 radical (unpaired) electrons. The second-order valence-corrected chi connectivity index (χ2v) is 11.0. The molecule has 0 aliphatic carbocycles. The number of halogens is 5. The molecule has 0 aliphatic rings. The largest absolute Gasteiger partial charge is 0.496 e. The van der Waals surface area contributed by atoms with E-state index in [0.717, 1.165) is 5.56 Å². The molecule has 4 rings (SSSR count). The van der Waals surface area contributed by atoms with Crippen LogP contribution >= 0.6 is 58.0 Å². The van der Waals surface area contributed by atoms with Gasteiger partial charge in [0, 0.05) is 11.1 Å². The highest BCUT2D eigenvalue weighted by atomic mass is 35.5. The fraction of sp³-hybridized carbons (Fsp3) is 0.179. The highest BCUT2D eigenvalue weighted by Crippen LogP contribution is 2.48. The van der Waals surface area contributed by atoms with Gasteiger partial charge in [0.05, 0.1) is 39.9 Å². The highest BCUT2D eigenvalue weighted by Gasteiger charge is 2.22. The zero-order chi connectivity index (χ0) is 31.4. The molecule has 15 heteroatoms. The molecule has 0 atom stereocenters. The number of rotatable bonds is 10. The van der Waals surface area contributed by atoms with Gasteiger partial charge in [0.25, 0.3) is 5.91 Å². The first-order valence-corrected chi connectivity index (χ1v) is 14.2. The van der Waals surface area contributed by atoms with E-state index in [9.17, 15) is 14.9 Å². The molecule has 1 amide bonds. The third-order valence-corrected chi connectivity index (χ3v) is 8.52. The number of hydrogen-bond donors (Lipinski definition) is 1. The number of hydrazone groups is 1. The van der Waals surface area contributed by atoms with Gasteiger partial charge in [-0.2, -0.15) is 10.2 Å². The van der Waals surface area contributed by atoms with Gasteiger partial charge in [0.1, 0.15) is 33.8 Å². The molecule has 0 saturated heterocycles. The minimum Gasteiger partial charge on any atom is -0.496 e. The van der Waals surface area contributed by atoms with Crippen molar-refractivity contribution in [3.8, 4) is 11.5 Å². The van der Waals surface area contributed by atoms with Crippen LogP contribution in [0.5, 0.6) is 11.5 Å². The number of carbonyl (C=O) groups is 1. The minimum atomic E-state index is -0.453. The predicted molar refractivity (Wildman–Crippen MR) is 168 cm³/mol. The van der Waals surface area contributed by atoms with E-state index in [1.54, 1.807) is 56.3 Å². The Morgan fingerprint density at radius 2 is 1.72 bits per heavy atom. The first-order valence-electron chi connectivity index (χ1n) is 12.3. The van der Waals surface area contributed by atoms with Crippen LogP contribution in [0.4, 0.5) is 5.69 Å². The topological polar surface area (TPSA) is 121 Å². The molecule has 43 heavy (non-hydrogen) atoms. The Labute approximate surface area is 271 Å². The molecule has 0 bridgehead atoms. The van der Waals surface area contributed by atoms with Crippen molar-refractivity contribution in [1.29, 1.82) is 0 Å². The van der Waals surface area contributed by atoms with Crippen molar-refractivity contribution < 1.29 is 19.2 Å². The van der Waals surface area contributed by atoms with E-state index in [0.29, 0.717) is 33.8 Å². The first-order chi connectivity index (χ1) is 20.4. The monoisotopic (exact) mass is 683 g/mol. The number of nitrogens with one attached hydrogen (secondary N) is 1. The predicted octanol–water partition coefficient (Wildman–Crippen LogP) is 8.07. The lowest BCUT2D eigenvalue weighted by Gasteiger charge is -2.15. The average molecular weight is 686 g/mol. The second-order valence-electron chi connectivity index (χ2n) is 9.09. The maximum atomic E-state index is 12.8. The van der Waals surface area contributed by atoms with Crippen molar-refractivity contribution in [1.82, 2.24) is 15.2 Å². The molecule has 0 fully saturated rings. The van der Waals surface area contributed by atoms with Crippen molar-refractivity contribution in [2.24, 2.45) is 5.10 Å². The molecule has 1 N–H and O–H groups in total. The molecule has 3 aromatic carbocycles. The van der Waals surface area contributed by atoms with Gasteiger partial charge in [0.2, 0.25) is 0 Å².